The molecular formula is C16H23N3O5. The monoisotopic (exact) mass is 337 g/mol. The second-order valence-electron chi connectivity index (χ2n) is 5.01. The Hall–Kier alpha value is -2.61. The summed E-state index contributed by atoms with van der Waals surface area (Å²) in [6.45, 7) is 7.76. The maximum absolute atomic E-state index is 9.55. The molecular weight excluding hydrogens is 314 g/mol. The van der Waals surface area contributed by atoms with Crippen LogP contribution in [0, 0.1) is 0 Å². The summed E-state index contributed by atoms with van der Waals surface area (Å²) in [7, 11) is 1.68. The van der Waals surface area contributed by atoms with E-state index in [0.29, 0.717) is 12.2 Å². The summed E-state index contributed by atoms with van der Waals surface area (Å²) in [6.07, 6.45) is 4.76. The third-order valence-corrected chi connectivity index (χ3v) is 3.49. The van der Waals surface area contributed by atoms with E-state index in [4.69, 9.17) is 14.9 Å². The number of pyridine rings is 1. The molecule has 0 spiro atoms. The number of carboxylic acids is 2. The number of hydrogen-bond donors (Lipinski definition) is 2. The minimum absolute atomic E-state index is 0.558. The number of aromatic nitrogens is 1. The Labute approximate surface area is 141 Å². The first kappa shape index (κ1) is 19.4. The number of ether oxygens (including phenoxy) is 1. The van der Waals surface area contributed by atoms with Gasteiger partial charge < -0.3 is 24.7 Å². The van der Waals surface area contributed by atoms with E-state index in [1.165, 1.54) is 0 Å². The molecule has 2 rings (SSSR count). The first-order chi connectivity index (χ1) is 11.5. The Kier molecular flexibility index (Phi) is 8.28. The zero-order chi connectivity index (χ0) is 17.9. The lowest BCUT2D eigenvalue weighted by Gasteiger charge is -2.35. The number of nitrogens with zero attached hydrogens (tertiary/aromatic N) is 3. The first-order valence-corrected chi connectivity index (χ1v) is 7.56. The highest BCUT2D eigenvalue weighted by molar-refractivity contribution is 5.89. The maximum Gasteiger partial charge on any atom is 0.328 e. The zero-order valence-electron chi connectivity index (χ0n) is 13.9. The van der Waals surface area contributed by atoms with E-state index in [1.807, 2.05) is 6.20 Å². The molecule has 0 aliphatic carbocycles. The topological polar surface area (TPSA) is 103 Å². The molecule has 1 aliphatic rings. The summed E-state index contributed by atoms with van der Waals surface area (Å²) in [5, 5.41) is 15.6. The molecule has 0 bridgehead atoms. The number of hydrogen-bond acceptors (Lipinski definition) is 6. The molecule has 1 aromatic rings. The van der Waals surface area contributed by atoms with E-state index < -0.39 is 11.9 Å². The number of rotatable bonds is 5. The van der Waals surface area contributed by atoms with Crippen molar-refractivity contribution in [2.75, 3.05) is 44.7 Å². The van der Waals surface area contributed by atoms with Gasteiger partial charge in [-0.05, 0) is 6.54 Å². The number of piperazine rings is 1. The number of aliphatic carboxylic acids is 2. The van der Waals surface area contributed by atoms with Crippen LogP contribution in [-0.4, -0.2) is 71.9 Å². The zero-order valence-corrected chi connectivity index (χ0v) is 13.9. The normalized spacial score (nSPS) is 14.8. The third kappa shape index (κ3) is 7.10. The summed E-state index contributed by atoms with van der Waals surface area (Å²) >= 11 is 0. The second-order valence-corrected chi connectivity index (χ2v) is 5.01. The minimum Gasteiger partial charge on any atom is -0.495 e. The molecule has 1 aromatic heterocycles. The molecule has 0 aromatic carbocycles. The molecule has 24 heavy (non-hydrogen) atoms. The van der Waals surface area contributed by atoms with Crippen molar-refractivity contribution in [3.63, 3.8) is 0 Å². The van der Waals surface area contributed by atoms with Crippen LogP contribution in [0.1, 0.15) is 6.92 Å². The van der Waals surface area contributed by atoms with Gasteiger partial charge in [0.1, 0.15) is 5.75 Å². The van der Waals surface area contributed by atoms with Crippen LogP contribution in [-0.2, 0) is 9.59 Å². The lowest BCUT2D eigenvalue weighted by atomic mass is 10.2. The van der Waals surface area contributed by atoms with Crippen molar-refractivity contribution in [3.05, 3.63) is 30.6 Å². The van der Waals surface area contributed by atoms with E-state index in [9.17, 15) is 9.59 Å². The molecule has 0 amide bonds. The fourth-order valence-electron chi connectivity index (χ4n) is 2.16. The molecule has 8 nitrogen and oxygen atoms in total. The molecule has 132 valence electrons. The first-order valence-electron chi connectivity index (χ1n) is 7.56. The van der Waals surface area contributed by atoms with Crippen molar-refractivity contribution >= 4 is 17.6 Å². The van der Waals surface area contributed by atoms with E-state index in [0.717, 1.165) is 44.2 Å². The van der Waals surface area contributed by atoms with Crippen molar-refractivity contribution in [1.82, 2.24) is 9.88 Å². The van der Waals surface area contributed by atoms with Gasteiger partial charge in [0.15, 0.2) is 0 Å². The van der Waals surface area contributed by atoms with Crippen LogP contribution in [0.25, 0.3) is 0 Å². The van der Waals surface area contributed by atoms with Crippen molar-refractivity contribution in [2.24, 2.45) is 0 Å². The second kappa shape index (κ2) is 10.2. The van der Waals surface area contributed by atoms with Gasteiger partial charge in [-0.1, -0.05) is 6.92 Å². The number of carboxylic acid groups (broad SMARTS) is 2. The smallest absolute Gasteiger partial charge is 0.328 e. The van der Waals surface area contributed by atoms with Gasteiger partial charge in [-0.25, -0.2) is 9.59 Å². The van der Waals surface area contributed by atoms with Crippen molar-refractivity contribution < 1.29 is 24.5 Å². The molecule has 8 heteroatoms. The van der Waals surface area contributed by atoms with Crippen LogP contribution in [0.5, 0.6) is 5.75 Å². The lowest BCUT2D eigenvalue weighted by molar-refractivity contribution is -0.134. The quantitative estimate of drug-likeness (QED) is 0.765. The molecule has 0 unspecified atom stereocenters. The number of anilines is 1. The summed E-state index contributed by atoms with van der Waals surface area (Å²) in [5.74, 6) is -1.68. The molecule has 1 saturated heterocycles. The van der Waals surface area contributed by atoms with E-state index in [-0.39, 0.29) is 0 Å². The van der Waals surface area contributed by atoms with E-state index >= 15 is 0 Å². The van der Waals surface area contributed by atoms with Gasteiger partial charge in [0.2, 0.25) is 0 Å². The van der Waals surface area contributed by atoms with Crippen LogP contribution in [0.4, 0.5) is 5.69 Å². The summed E-state index contributed by atoms with van der Waals surface area (Å²) in [6, 6.07) is 2.05. The fourth-order valence-corrected chi connectivity index (χ4v) is 2.16. The molecule has 2 N–H and O–H groups in total. The maximum atomic E-state index is 9.55. The minimum atomic E-state index is -1.26. The van der Waals surface area contributed by atoms with E-state index in [1.54, 1.807) is 13.3 Å². The SMILES string of the molecule is CCN1CCN(c2cncc(OC)c2)CC1.O=C(O)/C=C/C(=O)O. The van der Waals surface area contributed by atoms with E-state index in [2.05, 4.69) is 27.8 Å². The molecule has 2 heterocycles. The number of carbonyl (C=O) groups is 2. The van der Waals surface area contributed by atoms with Gasteiger partial charge in [0.25, 0.3) is 0 Å². The summed E-state index contributed by atoms with van der Waals surface area (Å²) in [4.78, 5) is 28.1. The van der Waals surface area contributed by atoms with Gasteiger partial charge in [-0.2, -0.15) is 0 Å². The van der Waals surface area contributed by atoms with Crippen LogP contribution in [0.2, 0.25) is 0 Å². The van der Waals surface area contributed by atoms with Crippen LogP contribution in [0.15, 0.2) is 30.6 Å². The Morgan fingerprint density at radius 3 is 2.21 bits per heavy atom. The van der Waals surface area contributed by atoms with Crippen molar-refractivity contribution in [3.8, 4) is 5.75 Å². The van der Waals surface area contributed by atoms with Gasteiger partial charge in [-0.3, -0.25) is 4.98 Å². The largest absolute Gasteiger partial charge is 0.495 e. The molecule has 0 saturated carbocycles. The predicted octanol–water partition coefficient (Wildman–Crippen LogP) is 0.944. The Balaban J connectivity index is 0.000000307. The highest BCUT2D eigenvalue weighted by atomic mass is 16.5. The lowest BCUT2D eigenvalue weighted by Crippen LogP contribution is -2.46. The van der Waals surface area contributed by atoms with Crippen LogP contribution >= 0.6 is 0 Å². The van der Waals surface area contributed by atoms with Gasteiger partial charge in [0.05, 0.1) is 25.2 Å². The summed E-state index contributed by atoms with van der Waals surface area (Å²) < 4.78 is 5.19. The highest BCUT2D eigenvalue weighted by Gasteiger charge is 2.16. The Morgan fingerprint density at radius 1 is 1.17 bits per heavy atom. The van der Waals surface area contributed by atoms with Crippen LogP contribution in [0.3, 0.4) is 0 Å². The number of likely N-dealkylation sites (N-methyl/N-ethyl adjacent to an activating group) is 1. The average molecular weight is 337 g/mol. The average Bonchev–Trinajstić information content (AvgIpc) is 2.60. The van der Waals surface area contributed by atoms with Gasteiger partial charge >= 0.3 is 11.9 Å². The fraction of sp³-hybridized carbons (Fsp3) is 0.438. The van der Waals surface area contributed by atoms with Crippen LogP contribution < -0.4 is 9.64 Å². The summed E-state index contributed by atoms with van der Waals surface area (Å²) in [5.41, 5.74) is 1.16. The standard InChI is InChI=1S/C12H19N3O.C4H4O4/c1-3-14-4-6-15(7-5-14)11-8-12(16-2)10-13-9-11;5-3(6)1-2-4(7)8/h8-10H,3-7H2,1-2H3;1-2H,(H,5,6)(H,7,8)/b;2-1+. The van der Waals surface area contributed by atoms with Gasteiger partial charge in [-0.15, -0.1) is 0 Å². The third-order valence-electron chi connectivity index (χ3n) is 3.49. The Morgan fingerprint density at radius 2 is 1.75 bits per heavy atom. The molecule has 1 aliphatic heterocycles. The molecule has 0 atom stereocenters. The molecule has 1 fully saturated rings. The predicted molar refractivity (Wildman–Crippen MR) is 89.5 cm³/mol. The van der Waals surface area contributed by atoms with Crippen molar-refractivity contribution in [2.45, 2.75) is 6.92 Å². The number of methoxy groups -OCH3 is 1. The van der Waals surface area contributed by atoms with Gasteiger partial charge in [0, 0.05) is 44.4 Å². The molecule has 0 radical (unpaired) electrons. The van der Waals surface area contributed by atoms with Crippen molar-refractivity contribution in [1.29, 1.82) is 0 Å². The Bertz CT molecular complexity index is 553. The highest BCUT2D eigenvalue weighted by Crippen LogP contribution is 2.20.